The van der Waals surface area contributed by atoms with E-state index in [2.05, 4.69) is 60.3 Å². The fraction of sp³-hybridized carbons (Fsp3) is 0.565. The number of rotatable bonds is 9. The molecule has 63 heavy (non-hydrogen) atoms. The molecule has 4 aromatic rings. The Labute approximate surface area is 373 Å². The molecule has 0 unspecified atom stereocenters. The normalized spacial score (nSPS) is 21.9. The maximum atomic E-state index is 14.6. The molecule has 3 aromatic heterocycles. The van der Waals surface area contributed by atoms with Gasteiger partial charge in [-0.05, 0) is 67.9 Å². The van der Waals surface area contributed by atoms with Gasteiger partial charge in [-0.1, -0.05) is 33.8 Å². The summed E-state index contributed by atoms with van der Waals surface area (Å²) in [4.78, 5) is 71.3. The second kappa shape index (κ2) is 18.3. The lowest BCUT2D eigenvalue weighted by Crippen LogP contribution is -2.69. The number of urea groups is 1. The van der Waals surface area contributed by atoms with Gasteiger partial charge in [0.1, 0.15) is 12.1 Å². The van der Waals surface area contributed by atoms with E-state index in [-0.39, 0.29) is 50.1 Å². The zero-order valence-corrected chi connectivity index (χ0v) is 39.0. The number of nitrogens with one attached hydrogen (secondary N) is 2. The van der Waals surface area contributed by atoms with Gasteiger partial charge in [-0.25, -0.2) is 9.78 Å². The van der Waals surface area contributed by atoms with Gasteiger partial charge in [0.15, 0.2) is 0 Å². The highest BCUT2D eigenvalue weighted by Gasteiger charge is 2.46. The van der Waals surface area contributed by atoms with Crippen molar-refractivity contribution >= 4 is 46.0 Å². The summed E-state index contributed by atoms with van der Waals surface area (Å²) < 4.78 is 13.5. The standard InChI is InChI=1S/C46H63N9O7S/c1-11-54-36-16-15-29-20-32(36)33(40(54)31-14-12-18-47-38(31)28(4)61-9)22-45(5,6)26-51(7)43(58)46(60)17-13-19-55(50-46)42(57)34(21-37-48-35(29)25-63-37)49-41(56)39(27(2)3)52(8)44(59)53-23-30(24-53)62-10/h12,14-16,18,20,25,27-28,30,34,39,50,60H,11,13,17,19,21-24,26H2,1-10H3,(H,49,56)/t28-,34-,39-,46-/m0/s1. The van der Waals surface area contributed by atoms with Crippen molar-refractivity contribution < 1.29 is 33.8 Å². The van der Waals surface area contributed by atoms with Crippen molar-refractivity contribution in [2.75, 3.05) is 54.5 Å². The van der Waals surface area contributed by atoms with E-state index >= 15 is 0 Å². The molecule has 6 bridgehead atoms. The highest BCUT2D eigenvalue weighted by Crippen LogP contribution is 2.42. The molecule has 17 heteroatoms. The SMILES string of the molecule is CCn1c(-c2cccnc2[C@H](C)OC)c2c3cc(ccc31)-c1csc(n1)C[C@H](NC(=O)[C@H](C(C)C)N(C)C(=O)N1CC(OC)C1)C(=O)N1CCC[C@@](O)(N1)C(=O)N(C)CC(C)(C)C2. The van der Waals surface area contributed by atoms with Gasteiger partial charge in [0.05, 0.1) is 47.4 Å². The van der Waals surface area contributed by atoms with Gasteiger partial charge >= 0.3 is 6.03 Å². The van der Waals surface area contributed by atoms with Crippen LogP contribution in [0.2, 0.25) is 0 Å². The molecule has 16 nitrogen and oxygen atoms in total. The third kappa shape index (κ3) is 9.08. The van der Waals surface area contributed by atoms with E-state index < -0.39 is 40.9 Å². The predicted molar refractivity (Wildman–Crippen MR) is 241 cm³/mol. The van der Waals surface area contributed by atoms with Gasteiger partial charge < -0.3 is 39.2 Å². The molecule has 0 saturated carbocycles. The van der Waals surface area contributed by atoms with E-state index in [1.54, 1.807) is 44.3 Å². The number of aliphatic hydroxyl groups is 1. The molecule has 2 saturated heterocycles. The number of hydrogen-bond donors (Lipinski definition) is 3. The number of thiazole rings is 1. The number of methoxy groups -OCH3 is 2. The van der Waals surface area contributed by atoms with Gasteiger partial charge in [0.25, 0.3) is 11.8 Å². The summed E-state index contributed by atoms with van der Waals surface area (Å²) in [7, 11) is 6.56. The summed E-state index contributed by atoms with van der Waals surface area (Å²) in [5, 5.41) is 19.9. The monoisotopic (exact) mass is 885 g/mol. The van der Waals surface area contributed by atoms with Gasteiger partial charge in [-0.2, -0.15) is 5.43 Å². The summed E-state index contributed by atoms with van der Waals surface area (Å²) in [6.07, 6.45) is 2.48. The van der Waals surface area contributed by atoms with E-state index in [1.165, 1.54) is 21.2 Å². The molecule has 340 valence electrons. The van der Waals surface area contributed by atoms with Crippen LogP contribution in [0.5, 0.6) is 0 Å². The van der Waals surface area contributed by atoms with Crippen molar-refractivity contribution in [1.82, 2.24) is 45.0 Å². The Bertz CT molecular complexity index is 2360. The fourth-order valence-corrected chi connectivity index (χ4v) is 10.4. The Hall–Kier alpha value is -4.94. The van der Waals surface area contributed by atoms with Crippen LogP contribution in [0.1, 0.15) is 76.8 Å². The second-order valence-electron chi connectivity index (χ2n) is 18.4. The number of aryl methyl sites for hydroxylation is 1. The Morgan fingerprint density at radius 1 is 1.14 bits per heavy atom. The summed E-state index contributed by atoms with van der Waals surface area (Å²) in [5.41, 5.74) is 6.88. The highest BCUT2D eigenvalue weighted by atomic mass is 32.1. The topological polar surface area (TPSA) is 175 Å². The van der Waals surface area contributed by atoms with Crippen LogP contribution in [-0.2, 0) is 43.2 Å². The van der Waals surface area contributed by atoms with Crippen LogP contribution in [0.15, 0.2) is 41.9 Å². The average Bonchev–Trinajstić information content (AvgIpc) is 3.83. The second-order valence-corrected chi connectivity index (χ2v) is 19.4. The van der Waals surface area contributed by atoms with E-state index in [9.17, 15) is 24.3 Å². The van der Waals surface area contributed by atoms with Crippen LogP contribution in [0.3, 0.4) is 0 Å². The minimum Gasteiger partial charge on any atom is -0.378 e. The minimum absolute atomic E-state index is 0.0311. The Balaban J connectivity index is 1.32. The first kappa shape index (κ1) is 46.1. The van der Waals surface area contributed by atoms with Crippen molar-refractivity contribution in [2.24, 2.45) is 11.3 Å². The number of hydrogen-bond acceptors (Lipinski definition) is 11. The largest absolute Gasteiger partial charge is 0.378 e. The molecule has 3 aliphatic rings. The van der Waals surface area contributed by atoms with Crippen molar-refractivity contribution in [3.8, 4) is 22.5 Å². The predicted octanol–water partition coefficient (Wildman–Crippen LogP) is 4.84. The number of carbonyl (C=O) groups excluding carboxylic acids is 4. The van der Waals surface area contributed by atoms with E-state index in [4.69, 9.17) is 19.4 Å². The van der Waals surface area contributed by atoms with Crippen molar-refractivity contribution in [3.05, 3.63) is 58.2 Å². The first-order valence-electron chi connectivity index (χ1n) is 21.9. The maximum Gasteiger partial charge on any atom is 0.320 e. The Morgan fingerprint density at radius 3 is 2.57 bits per heavy atom. The number of aromatic nitrogens is 3. The molecule has 3 N–H and O–H groups in total. The van der Waals surface area contributed by atoms with Crippen LogP contribution in [0.25, 0.3) is 33.4 Å². The van der Waals surface area contributed by atoms with Gasteiger partial charge in [0, 0.05) is 94.4 Å². The van der Waals surface area contributed by atoms with Crippen LogP contribution < -0.4 is 10.7 Å². The van der Waals surface area contributed by atoms with Crippen molar-refractivity contribution in [1.29, 1.82) is 0 Å². The molecule has 0 radical (unpaired) electrons. The summed E-state index contributed by atoms with van der Waals surface area (Å²) in [6.45, 7) is 14.1. The third-order valence-electron chi connectivity index (χ3n) is 12.8. The molecule has 2 fully saturated rings. The van der Waals surface area contributed by atoms with Gasteiger partial charge in [0.2, 0.25) is 11.6 Å². The number of fused-ring (bicyclic) bond motifs is 6. The molecule has 0 aliphatic carbocycles. The number of amides is 5. The van der Waals surface area contributed by atoms with Crippen LogP contribution in [0, 0.1) is 11.3 Å². The number of likely N-dealkylation sites (N-methyl/N-ethyl adjacent to an activating group) is 2. The average molecular weight is 886 g/mol. The smallest absolute Gasteiger partial charge is 0.320 e. The van der Waals surface area contributed by atoms with Crippen molar-refractivity contribution in [3.63, 3.8) is 0 Å². The summed E-state index contributed by atoms with van der Waals surface area (Å²) in [5.74, 6) is -1.90. The summed E-state index contributed by atoms with van der Waals surface area (Å²) in [6, 6.07) is 8.03. The lowest BCUT2D eigenvalue weighted by atomic mass is 9.82. The fourth-order valence-electron chi connectivity index (χ4n) is 9.53. The van der Waals surface area contributed by atoms with Gasteiger partial charge in [-0.3, -0.25) is 24.4 Å². The first-order chi connectivity index (χ1) is 29.9. The third-order valence-corrected chi connectivity index (χ3v) is 13.6. The lowest BCUT2D eigenvalue weighted by molar-refractivity contribution is -0.175. The number of carbonyl (C=O) groups is 4. The molecule has 3 aliphatic heterocycles. The summed E-state index contributed by atoms with van der Waals surface area (Å²) >= 11 is 1.38. The molecular formula is C46H63N9O7S. The highest BCUT2D eigenvalue weighted by molar-refractivity contribution is 7.10. The van der Waals surface area contributed by atoms with Crippen LogP contribution in [-0.4, -0.2) is 142 Å². The number of pyridine rings is 1. The number of likely N-dealkylation sites (tertiary alicyclic amines) is 1. The molecule has 6 heterocycles. The zero-order valence-electron chi connectivity index (χ0n) is 38.2. The zero-order chi connectivity index (χ0) is 45.5. The number of benzene rings is 1. The first-order valence-corrected chi connectivity index (χ1v) is 22.8. The molecule has 5 amide bonds. The number of hydrazine groups is 1. The van der Waals surface area contributed by atoms with Crippen LogP contribution >= 0.6 is 11.3 Å². The Morgan fingerprint density at radius 2 is 1.89 bits per heavy atom. The number of ether oxygens (including phenoxy) is 2. The van der Waals surface area contributed by atoms with Crippen molar-refractivity contribution in [2.45, 2.75) is 104 Å². The molecule has 1 aromatic carbocycles. The van der Waals surface area contributed by atoms with E-state index in [0.29, 0.717) is 37.5 Å². The quantitative estimate of drug-likeness (QED) is 0.211. The molecule has 7 rings (SSSR count). The number of nitrogens with zero attached hydrogens (tertiary/aromatic N) is 7. The lowest BCUT2D eigenvalue weighted by Gasteiger charge is -2.43. The maximum absolute atomic E-state index is 14.6. The van der Waals surface area contributed by atoms with E-state index in [0.717, 1.165) is 44.7 Å². The van der Waals surface area contributed by atoms with E-state index in [1.807, 2.05) is 32.2 Å². The molecular weight excluding hydrogens is 823 g/mol. The molecule has 4 atom stereocenters. The van der Waals surface area contributed by atoms with Crippen LogP contribution in [0.4, 0.5) is 4.79 Å². The minimum atomic E-state index is -2.09. The Kier molecular flexibility index (Phi) is 13.4. The van der Waals surface area contributed by atoms with Gasteiger partial charge in [-0.15, -0.1) is 11.3 Å². The molecule has 0 spiro atoms.